The molecule has 1 fully saturated rings. The molecule has 0 N–H and O–H groups in total. The van der Waals surface area contributed by atoms with E-state index in [4.69, 9.17) is 14.2 Å². The van der Waals surface area contributed by atoms with Crippen molar-refractivity contribution in [2.24, 2.45) is 11.8 Å². The Bertz CT molecular complexity index is 410. The zero-order valence-corrected chi connectivity index (χ0v) is 10.5. The molecule has 1 saturated carbocycles. The van der Waals surface area contributed by atoms with Gasteiger partial charge in [-0.3, -0.25) is 0 Å². The summed E-state index contributed by atoms with van der Waals surface area (Å²) in [6, 6.07) is 0. The number of ether oxygens (including phenoxy) is 3. The molecule has 3 aliphatic rings. The van der Waals surface area contributed by atoms with E-state index in [-0.39, 0.29) is 0 Å². The van der Waals surface area contributed by atoms with Crippen LogP contribution < -0.4 is 0 Å². The predicted octanol–water partition coefficient (Wildman–Crippen LogP) is 1.18. The molecule has 0 spiro atoms. The highest BCUT2D eigenvalue weighted by Gasteiger charge is 2.60. The summed E-state index contributed by atoms with van der Waals surface area (Å²) in [5.74, 6) is 0.371. The van der Waals surface area contributed by atoms with Crippen LogP contribution in [0.2, 0.25) is 0 Å². The molecule has 0 saturated heterocycles. The molecule has 18 heavy (non-hydrogen) atoms. The minimum Gasteiger partial charge on any atom is -0.468 e. The van der Waals surface area contributed by atoms with E-state index in [1.807, 2.05) is 0 Å². The van der Waals surface area contributed by atoms with Crippen molar-refractivity contribution in [2.75, 3.05) is 14.2 Å². The Morgan fingerprint density at radius 3 is 2.33 bits per heavy atom. The molecule has 2 atom stereocenters. The second-order valence-corrected chi connectivity index (χ2v) is 5.19. The summed E-state index contributed by atoms with van der Waals surface area (Å²) in [7, 11) is 2.52. The molecule has 5 nitrogen and oxygen atoms in total. The first kappa shape index (κ1) is 11.6. The maximum Gasteiger partial charge on any atom is 0.362 e. The Labute approximate surface area is 105 Å². The Morgan fingerprint density at radius 1 is 1.17 bits per heavy atom. The zero-order valence-electron chi connectivity index (χ0n) is 10.5. The normalized spacial score (nSPS) is 31.0. The average Bonchev–Trinajstić information content (AvgIpc) is 3.06. The van der Waals surface area contributed by atoms with Crippen LogP contribution >= 0.6 is 0 Å². The van der Waals surface area contributed by atoms with Crippen molar-refractivity contribution in [3.05, 3.63) is 11.3 Å². The van der Waals surface area contributed by atoms with Crippen LogP contribution in [0.3, 0.4) is 0 Å². The molecule has 2 bridgehead atoms. The Morgan fingerprint density at radius 2 is 1.78 bits per heavy atom. The van der Waals surface area contributed by atoms with Gasteiger partial charge in [-0.05, 0) is 30.8 Å². The standard InChI is InChI=1S/C13H16O5/c1-16-11(14)13(12(15)17-2)6-9-7-3-4-8(5-7)10(9)18-13/h7-8H,3-6H2,1-2H3. The minimum absolute atomic E-state index is 0.294. The first-order chi connectivity index (χ1) is 8.62. The molecule has 0 aromatic heterocycles. The topological polar surface area (TPSA) is 61.8 Å². The number of carbonyl (C=O) groups is 2. The highest BCUT2D eigenvalue weighted by atomic mass is 16.6. The van der Waals surface area contributed by atoms with Gasteiger partial charge in [0.2, 0.25) is 0 Å². The van der Waals surface area contributed by atoms with Gasteiger partial charge in [0.15, 0.2) is 0 Å². The summed E-state index contributed by atoms with van der Waals surface area (Å²) in [5, 5.41) is 0. The second-order valence-electron chi connectivity index (χ2n) is 5.19. The number of esters is 2. The van der Waals surface area contributed by atoms with Gasteiger partial charge in [0.25, 0.3) is 0 Å². The summed E-state index contributed by atoms with van der Waals surface area (Å²) in [6.07, 6.45) is 3.61. The summed E-state index contributed by atoms with van der Waals surface area (Å²) in [4.78, 5) is 23.9. The molecule has 0 aromatic carbocycles. The third-order valence-corrected chi connectivity index (χ3v) is 4.37. The fourth-order valence-electron chi connectivity index (χ4n) is 3.51. The maximum atomic E-state index is 11.9. The quantitative estimate of drug-likeness (QED) is 0.545. The molecule has 0 aromatic rings. The van der Waals surface area contributed by atoms with E-state index in [0.29, 0.717) is 18.3 Å². The van der Waals surface area contributed by atoms with Gasteiger partial charge in [0, 0.05) is 12.3 Å². The van der Waals surface area contributed by atoms with Crippen molar-refractivity contribution in [1.82, 2.24) is 0 Å². The molecule has 1 aliphatic heterocycles. The van der Waals surface area contributed by atoms with E-state index in [2.05, 4.69) is 0 Å². The van der Waals surface area contributed by atoms with Gasteiger partial charge < -0.3 is 14.2 Å². The SMILES string of the molecule is COC(=O)C1(C(=O)OC)CC2=C(O1)C1CCC2C1. The summed E-state index contributed by atoms with van der Waals surface area (Å²) < 4.78 is 15.2. The van der Waals surface area contributed by atoms with Gasteiger partial charge in [-0.15, -0.1) is 0 Å². The molecule has 2 unspecified atom stereocenters. The summed E-state index contributed by atoms with van der Waals surface area (Å²) in [5.41, 5.74) is -0.461. The van der Waals surface area contributed by atoms with Gasteiger partial charge in [0.1, 0.15) is 5.76 Å². The Hall–Kier alpha value is -1.52. The smallest absolute Gasteiger partial charge is 0.362 e. The van der Waals surface area contributed by atoms with Crippen LogP contribution in [0.5, 0.6) is 0 Å². The van der Waals surface area contributed by atoms with Crippen molar-refractivity contribution in [3.8, 4) is 0 Å². The van der Waals surface area contributed by atoms with E-state index in [9.17, 15) is 9.59 Å². The number of allylic oxidation sites excluding steroid dienone is 1. The summed E-state index contributed by atoms with van der Waals surface area (Å²) in [6.45, 7) is 0. The molecule has 3 rings (SSSR count). The van der Waals surface area contributed by atoms with Crippen molar-refractivity contribution >= 4 is 11.9 Å². The van der Waals surface area contributed by atoms with Crippen LogP contribution in [0.4, 0.5) is 0 Å². The van der Waals surface area contributed by atoms with Crippen LogP contribution in [-0.2, 0) is 23.8 Å². The lowest BCUT2D eigenvalue weighted by Crippen LogP contribution is -2.48. The van der Waals surface area contributed by atoms with Gasteiger partial charge >= 0.3 is 17.5 Å². The molecule has 0 radical (unpaired) electrons. The first-order valence-corrected chi connectivity index (χ1v) is 6.21. The Balaban J connectivity index is 1.93. The number of fused-ring (bicyclic) bond motifs is 4. The van der Waals surface area contributed by atoms with E-state index in [1.165, 1.54) is 14.2 Å². The van der Waals surface area contributed by atoms with Crippen molar-refractivity contribution in [3.63, 3.8) is 0 Å². The molecule has 98 valence electrons. The van der Waals surface area contributed by atoms with Crippen LogP contribution in [-0.4, -0.2) is 31.8 Å². The lowest BCUT2D eigenvalue weighted by molar-refractivity contribution is -0.181. The summed E-state index contributed by atoms with van der Waals surface area (Å²) >= 11 is 0. The molecule has 0 amide bonds. The third-order valence-electron chi connectivity index (χ3n) is 4.37. The third kappa shape index (κ3) is 1.27. The number of hydrogen-bond donors (Lipinski definition) is 0. The molecular formula is C13H16O5. The highest BCUT2D eigenvalue weighted by molar-refractivity contribution is 6.04. The molecular weight excluding hydrogens is 236 g/mol. The van der Waals surface area contributed by atoms with Crippen molar-refractivity contribution in [2.45, 2.75) is 31.3 Å². The van der Waals surface area contributed by atoms with Crippen LogP contribution in [0.1, 0.15) is 25.7 Å². The monoisotopic (exact) mass is 252 g/mol. The highest BCUT2D eigenvalue weighted by Crippen LogP contribution is 2.56. The molecule has 1 heterocycles. The van der Waals surface area contributed by atoms with Gasteiger partial charge in [-0.2, -0.15) is 0 Å². The lowest BCUT2D eigenvalue weighted by atomic mass is 9.89. The van der Waals surface area contributed by atoms with Crippen molar-refractivity contribution < 1.29 is 23.8 Å². The predicted molar refractivity (Wildman–Crippen MR) is 60.3 cm³/mol. The van der Waals surface area contributed by atoms with E-state index >= 15 is 0 Å². The maximum absolute atomic E-state index is 11.9. The van der Waals surface area contributed by atoms with Gasteiger partial charge in [0.05, 0.1) is 14.2 Å². The lowest BCUT2D eigenvalue weighted by Gasteiger charge is -2.25. The largest absolute Gasteiger partial charge is 0.468 e. The zero-order chi connectivity index (χ0) is 12.9. The fourth-order valence-corrected chi connectivity index (χ4v) is 3.51. The molecule has 5 heteroatoms. The average molecular weight is 252 g/mol. The van der Waals surface area contributed by atoms with E-state index < -0.39 is 17.5 Å². The van der Waals surface area contributed by atoms with Crippen LogP contribution in [0.15, 0.2) is 11.3 Å². The van der Waals surface area contributed by atoms with E-state index in [1.54, 1.807) is 0 Å². The minimum atomic E-state index is -1.59. The van der Waals surface area contributed by atoms with Gasteiger partial charge in [-0.25, -0.2) is 9.59 Å². The fraction of sp³-hybridized carbons (Fsp3) is 0.692. The first-order valence-electron chi connectivity index (χ1n) is 6.21. The van der Waals surface area contributed by atoms with Gasteiger partial charge in [-0.1, -0.05) is 0 Å². The number of hydrogen-bond acceptors (Lipinski definition) is 5. The number of rotatable bonds is 2. The van der Waals surface area contributed by atoms with E-state index in [0.717, 1.165) is 30.6 Å². The Kier molecular flexibility index (Phi) is 2.40. The number of methoxy groups -OCH3 is 2. The van der Waals surface area contributed by atoms with Crippen molar-refractivity contribution in [1.29, 1.82) is 0 Å². The number of carbonyl (C=O) groups excluding carboxylic acids is 2. The van der Waals surface area contributed by atoms with Crippen LogP contribution in [0.25, 0.3) is 0 Å². The van der Waals surface area contributed by atoms with Crippen LogP contribution in [0, 0.1) is 11.8 Å². The second kappa shape index (κ2) is 3.73. The molecule has 2 aliphatic carbocycles.